The van der Waals surface area contributed by atoms with E-state index in [2.05, 4.69) is 4.74 Å². The van der Waals surface area contributed by atoms with E-state index < -0.39 is 43.8 Å². The van der Waals surface area contributed by atoms with Crippen molar-refractivity contribution in [3.05, 3.63) is 0 Å². The topological polar surface area (TPSA) is 18.5 Å². The van der Waals surface area contributed by atoms with Crippen molar-refractivity contribution in [2.45, 2.75) is 63.1 Å². The van der Waals surface area contributed by atoms with Gasteiger partial charge in [-0.2, -0.15) is 35.1 Å². The summed E-state index contributed by atoms with van der Waals surface area (Å²) in [6.45, 7) is -0.351. The Morgan fingerprint density at radius 2 is 1.48 bits per heavy atom. The first-order valence-corrected chi connectivity index (χ1v) is 7.08. The Hall–Kier alpha value is -0.640. The Morgan fingerprint density at radius 1 is 0.913 bits per heavy atom. The second-order valence-electron chi connectivity index (χ2n) is 5.70. The third-order valence-corrected chi connectivity index (χ3v) is 3.55. The fraction of sp³-hybridized carbons (Fsp3) is 1.00. The monoisotopic (exact) mass is 358 g/mol. The Labute approximate surface area is 128 Å². The van der Waals surface area contributed by atoms with E-state index in [0.29, 0.717) is 12.5 Å². The van der Waals surface area contributed by atoms with Crippen LogP contribution in [0.1, 0.15) is 39.0 Å². The van der Waals surface area contributed by atoms with Crippen LogP contribution in [-0.4, -0.2) is 37.3 Å². The minimum Gasteiger partial charge on any atom is -0.381 e. The molecule has 0 bridgehead atoms. The van der Waals surface area contributed by atoms with Crippen LogP contribution in [0.5, 0.6) is 0 Å². The molecule has 1 fully saturated rings. The maximum atomic E-state index is 13.3. The minimum atomic E-state index is -5.73. The van der Waals surface area contributed by atoms with Crippen molar-refractivity contribution in [2.24, 2.45) is 5.92 Å². The summed E-state index contributed by atoms with van der Waals surface area (Å²) in [5.41, 5.74) is 0. The number of hydrogen-bond donors (Lipinski definition) is 0. The van der Waals surface area contributed by atoms with Crippen LogP contribution < -0.4 is 0 Å². The predicted octanol–water partition coefficient (Wildman–Crippen LogP) is 5.08. The molecule has 0 atom stereocenters. The van der Waals surface area contributed by atoms with Gasteiger partial charge in [0.1, 0.15) is 0 Å². The molecule has 1 aliphatic rings. The van der Waals surface area contributed by atoms with E-state index in [1.165, 1.54) is 0 Å². The van der Waals surface area contributed by atoms with Gasteiger partial charge in [-0.05, 0) is 25.2 Å². The molecule has 1 saturated carbocycles. The van der Waals surface area contributed by atoms with Crippen molar-refractivity contribution >= 4 is 0 Å². The third kappa shape index (κ3) is 5.44. The van der Waals surface area contributed by atoms with Gasteiger partial charge >= 0.3 is 24.1 Å². The molecule has 0 radical (unpaired) electrons. The van der Waals surface area contributed by atoms with Crippen LogP contribution >= 0.6 is 0 Å². The zero-order valence-corrected chi connectivity index (χ0v) is 12.4. The first-order chi connectivity index (χ1) is 10.3. The van der Waals surface area contributed by atoms with Crippen molar-refractivity contribution in [3.8, 4) is 0 Å². The smallest absolute Gasteiger partial charge is 0.381 e. The van der Waals surface area contributed by atoms with Crippen LogP contribution in [-0.2, 0) is 9.47 Å². The van der Waals surface area contributed by atoms with E-state index >= 15 is 0 Å². The molecule has 1 rings (SSSR count). The first kappa shape index (κ1) is 20.4. The van der Waals surface area contributed by atoms with E-state index in [1.54, 1.807) is 0 Å². The van der Waals surface area contributed by atoms with Crippen LogP contribution in [0.4, 0.5) is 35.1 Å². The van der Waals surface area contributed by atoms with Gasteiger partial charge in [-0.25, -0.2) is 4.74 Å². The number of alkyl halides is 8. The Morgan fingerprint density at radius 3 is 1.91 bits per heavy atom. The first-order valence-electron chi connectivity index (χ1n) is 7.08. The lowest BCUT2D eigenvalue weighted by Gasteiger charge is -2.31. The summed E-state index contributed by atoms with van der Waals surface area (Å²) >= 11 is 0. The molecule has 10 heteroatoms. The molecule has 23 heavy (non-hydrogen) atoms. The standard InChI is InChI=1S/C13H18F8O2/c1-10(14,15)12(18,19)23-13(20,21)11(16,17)6-3-7-22-8-9-4-2-5-9/h9H,2-8H2,1H3. The summed E-state index contributed by atoms with van der Waals surface area (Å²) < 4.78 is 111. The molecule has 0 aromatic heterocycles. The van der Waals surface area contributed by atoms with Crippen molar-refractivity contribution in [3.63, 3.8) is 0 Å². The van der Waals surface area contributed by atoms with E-state index in [1.807, 2.05) is 0 Å². The molecule has 0 saturated heterocycles. The van der Waals surface area contributed by atoms with Gasteiger partial charge in [-0.3, -0.25) is 0 Å². The number of hydrogen-bond acceptors (Lipinski definition) is 2. The molecular formula is C13H18F8O2. The van der Waals surface area contributed by atoms with Crippen LogP contribution in [0.25, 0.3) is 0 Å². The van der Waals surface area contributed by atoms with E-state index in [9.17, 15) is 35.1 Å². The molecule has 0 amide bonds. The van der Waals surface area contributed by atoms with Gasteiger partial charge in [0.15, 0.2) is 0 Å². The van der Waals surface area contributed by atoms with Gasteiger partial charge < -0.3 is 4.74 Å². The SMILES string of the molecule is CC(F)(F)C(F)(F)OC(F)(F)C(F)(F)CCCOCC1CCC1. The molecule has 0 aromatic rings. The normalized spacial score (nSPS) is 18.1. The molecule has 0 N–H and O–H groups in total. The second kappa shape index (κ2) is 7.08. The molecule has 138 valence electrons. The predicted molar refractivity (Wildman–Crippen MR) is 63.9 cm³/mol. The molecule has 0 unspecified atom stereocenters. The zero-order chi connectivity index (χ0) is 17.9. The summed E-state index contributed by atoms with van der Waals surface area (Å²) in [5, 5.41) is 0. The quantitative estimate of drug-likeness (QED) is 0.401. The number of rotatable bonds is 10. The molecule has 1 aliphatic carbocycles. The highest BCUT2D eigenvalue weighted by molar-refractivity contribution is 4.81. The molecule has 2 nitrogen and oxygen atoms in total. The fourth-order valence-corrected chi connectivity index (χ4v) is 1.78. The highest BCUT2D eigenvalue weighted by Crippen LogP contribution is 2.46. The third-order valence-electron chi connectivity index (χ3n) is 3.55. The van der Waals surface area contributed by atoms with Crippen molar-refractivity contribution < 1.29 is 44.6 Å². The summed E-state index contributed by atoms with van der Waals surface area (Å²) in [6, 6.07) is 0. The maximum absolute atomic E-state index is 13.3. The molecular weight excluding hydrogens is 340 g/mol. The van der Waals surface area contributed by atoms with E-state index in [0.717, 1.165) is 19.3 Å². The van der Waals surface area contributed by atoms with Crippen molar-refractivity contribution in [1.82, 2.24) is 0 Å². The molecule has 0 heterocycles. The van der Waals surface area contributed by atoms with Crippen LogP contribution in [0.3, 0.4) is 0 Å². The van der Waals surface area contributed by atoms with Crippen LogP contribution in [0.15, 0.2) is 0 Å². The van der Waals surface area contributed by atoms with Gasteiger partial charge in [0.25, 0.3) is 0 Å². The maximum Gasteiger partial charge on any atom is 0.423 e. The van der Waals surface area contributed by atoms with Gasteiger partial charge in [0.05, 0.1) is 0 Å². The zero-order valence-electron chi connectivity index (χ0n) is 12.4. The average Bonchev–Trinajstić information content (AvgIpc) is 2.28. The lowest BCUT2D eigenvalue weighted by atomic mass is 9.86. The van der Waals surface area contributed by atoms with Gasteiger partial charge in [-0.15, -0.1) is 0 Å². The summed E-state index contributed by atoms with van der Waals surface area (Å²) in [7, 11) is 0. The second-order valence-corrected chi connectivity index (χ2v) is 5.70. The average molecular weight is 358 g/mol. The molecule has 0 aliphatic heterocycles. The Bertz CT molecular complexity index is 377. The summed E-state index contributed by atoms with van der Waals surface area (Å²) in [4.78, 5) is 0. The minimum absolute atomic E-state index is 0.261. The van der Waals surface area contributed by atoms with Crippen molar-refractivity contribution in [1.29, 1.82) is 0 Å². The lowest BCUT2D eigenvalue weighted by Crippen LogP contribution is -2.52. The summed E-state index contributed by atoms with van der Waals surface area (Å²) in [6.07, 6.45) is -10.6. The molecule has 0 aromatic carbocycles. The van der Waals surface area contributed by atoms with E-state index in [4.69, 9.17) is 4.74 Å². The molecule has 0 spiro atoms. The Kier molecular flexibility index (Phi) is 6.28. The van der Waals surface area contributed by atoms with Crippen LogP contribution in [0, 0.1) is 5.92 Å². The number of halogens is 8. The van der Waals surface area contributed by atoms with Gasteiger partial charge in [0, 0.05) is 26.6 Å². The van der Waals surface area contributed by atoms with Crippen molar-refractivity contribution in [2.75, 3.05) is 13.2 Å². The fourth-order valence-electron chi connectivity index (χ4n) is 1.78. The van der Waals surface area contributed by atoms with E-state index in [-0.39, 0.29) is 6.61 Å². The summed E-state index contributed by atoms with van der Waals surface area (Å²) in [5.74, 6) is -9.73. The van der Waals surface area contributed by atoms with Gasteiger partial charge in [-0.1, -0.05) is 6.42 Å². The largest absolute Gasteiger partial charge is 0.423 e. The lowest BCUT2D eigenvalue weighted by molar-refractivity contribution is -0.465. The number of ether oxygens (including phenoxy) is 2. The highest BCUT2D eigenvalue weighted by atomic mass is 19.3. The highest BCUT2D eigenvalue weighted by Gasteiger charge is 2.67. The Balaban J connectivity index is 2.44. The van der Waals surface area contributed by atoms with Gasteiger partial charge in [0.2, 0.25) is 0 Å². The van der Waals surface area contributed by atoms with Crippen LogP contribution in [0.2, 0.25) is 0 Å².